The number of aryl methyl sites for hydroxylation is 2. The van der Waals surface area contributed by atoms with Gasteiger partial charge in [0.2, 0.25) is 0 Å². The third-order valence-electron chi connectivity index (χ3n) is 4.07. The number of nitrogens with one attached hydrogen (secondary N) is 1. The van der Waals surface area contributed by atoms with E-state index in [0.29, 0.717) is 26.2 Å². The quantitative estimate of drug-likeness (QED) is 0.930. The van der Waals surface area contributed by atoms with Crippen LogP contribution < -0.4 is 5.32 Å². The Morgan fingerprint density at radius 2 is 2.33 bits per heavy atom. The van der Waals surface area contributed by atoms with Crippen LogP contribution in [0.2, 0.25) is 0 Å². The van der Waals surface area contributed by atoms with Gasteiger partial charge in [-0.25, -0.2) is 4.79 Å². The third-order valence-corrected chi connectivity index (χ3v) is 4.07. The largest absolute Gasteiger partial charge is 0.370 e. The van der Waals surface area contributed by atoms with Crippen LogP contribution in [0.5, 0.6) is 0 Å². The van der Waals surface area contributed by atoms with Crippen molar-refractivity contribution in [1.29, 1.82) is 0 Å². The summed E-state index contributed by atoms with van der Waals surface area (Å²) in [6, 6.07) is 5.71. The van der Waals surface area contributed by atoms with Gasteiger partial charge in [-0.1, -0.05) is 6.07 Å². The standard InChI is InChI=1S/C17H23N5O2/c1-3-22-11-14(9-19-22)16-12-21(7-8-24-16)17(23)18-10-15-6-4-5-13(2)20-15/h4-6,9,11,16H,3,7-8,10,12H2,1-2H3,(H,18,23). The van der Waals surface area contributed by atoms with Gasteiger partial charge in [-0.15, -0.1) is 0 Å². The van der Waals surface area contributed by atoms with E-state index in [4.69, 9.17) is 4.74 Å². The summed E-state index contributed by atoms with van der Waals surface area (Å²) in [4.78, 5) is 18.6. The van der Waals surface area contributed by atoms with E-state index < -0.39 is 0 Å². The summed E-state index contributed by atoms with van der Waals surface area (Å²) < 4.78 is 7.66. The van der Waals surface area contributed by atoms with E-state index in [1.165, 1.54) is 0 Å². The summed E-state index contributed by atoms with van der Waals surface area (Å²) in [5.74, 6) is 0. The zero-order valence-electron chi connectivity index (χ0n) is 14.1. The third kappa shape index (κ3) is 3.91. The molecule has 2 aromatic rings. The normalized spacial score (nSPS) is 17.8. The molecule has 2 amide bonds. The molecular weight excluding hydrogens is 306 g/mol. The SMILES string of the molecule is CCn1cc(C2CN(C(=O)NCc3cccc(C)n3)CCO2)cn1. The second-order valence-electron chi connectivity index (χ2n) is 5.86. The lowest BCUT2D eigenvalue weighted by atomic mass is 10.1. The van der Waals surface area contributed by atoms with Crippen LogP contribution in [0.3, 0.4) is 0 Å². The lowest BCUT2D eigenvalue weighted by Crippen LogP contribution is -2.47. The smallest absolute Gasteiger partial charge is 0.317 e. The van der Waals surface area contributed by atoms with Crippen LogP contribution in [0, 0.1) is 6.92 Å². The number of ether oxygens (including phenoxy) is 1. The van der Waals surface area contributed by atoms with Gasteiger partial charge in [-0.3, -0.25) is 9.67 Å². The number of rotatable bonds is 4. The minimum Gasteiger partial charge on any atom is -0.370 e. The first-order valence-corrected chi connectivity index (χ1v) is 8.25. The predicted molar refractivity (Wildman–Crippen MR) is 89.4 cm³/mol. The minimum absolute atomic E-state index is 0.0884. The number of aromatic nitrogens is 3. The van der Waals surface area contributed by atoms with Gasteiger partial charge >= 0.3 is 6.03 Å². The van der Waals surface area contributed by atoms with E-state index in [2.05, 4.69) is 15.4 Å². The number of amides is 2. The second-order valence-corrected chi connectivity index (χ2v) is 5.86. The molecule has 1 atom stereocenters. The number of urea groups is 1. The molecule has 1 aliphatic heterocycles. The summed E-state index contributed by atoms with van der Waals surface area (Å²) >= 11 is 0. The van der Waals surface area contributed by atoms with E-state index in [9.17, 15) is 4.79 Å². The van der Waals surface area contributed by atoms with Crippen LogP contribution in [0.4, 0.5) is 4.79 Å². The van der Waals surface area contributed by atoms with Crippen molar-refractivity contribution in [2.75, 3.05) is 19.7 Å². The van der Waals surface area contributed by atoms with Crippen LogP contribution in [-0.4, -0.2) is 45.4 Å². The first-order valence-electron chi connectivity index (χ1n) is 8.25. The topological polar surface area (TPSA) is 72.3 Å². The minimum atomic E-state index is -0.123. The number of hydrogen-bond acceptors (Lipinski definition) is 4. The molecular formula is C17H23N5O2. The molecule has 1 saturated heterocycles. The Balaban J connectivity index is 1.56. The van der Waals surface area contributed by atoms with Crippen LogP contribution >= 0.6 is 0 Å². The summed E-state index contributed by atoms with van der Waals surface area (Å²) in [5, 5.41) is 7.21. The molecule has 1 N–H and O–H groups in total. The summed E-state index contributed by atoms with van der Waals surface area (Å²) in [6.07, 6.45) is 3.66. The summed E-state index contributed by atoms with van der Waals surface area (Å²) in [5.41, 5.74) is 2.81. The van der Waals surface area contributed by atoms with Gasteiger partial charge in [0.1, 0.15) is 6.10 Å². The van der Waals surface area contributed by atoms with Crippen LogP contribution in [-0.2, 0) is 17.8 Å². The lowest BCUT2D eigenvalue weighted by molar-refractivity contribution is -0.0155. The van der Waals surface area contributed by atoms with Crippen LogP contribution in [0.1, 0.15) is 30.0 Å². The Morgan fingerprint density at radius 1 is 1.46 bits per heavy atom. The molecule has 0 radical (unpaired) electrons. The van der Waals surface area contributed by atoms with Crippen molar-refractivity contribution in [3.05, 3.63) is 47.5 Å². The molecule has 1 unspecified atom stereocenters. The molecule has 1 aliphatic rings. The van der Waals surface area contributed by atoms with Crippen molar-refractivity contribution < 1.29 is 9.53 Å². The summed E-state index contributed by atoms with van der Waals surface area (Å²) in [6.45, 7) is 6.87. The molecule has 0 aliphatic carbocycles. The van der Waals surface area contributed by atoms with E-state index in [-0.39, 0.29) is 12.1 Å². The molecule has 0 spiro atoms. The Labute approximate surface area is 141 Å². The van der Waals surface area contributed by atoms with Crippen molar-refractivity contribution in [2.24, 2.45) is 0 Å². The fourth-order valence-electron chi connectivity index (χ4n) is 2.73. The zero-order valence-corrected chi connectivity index (χ0v) is 14.1. The fourth-order valence-corrected chi connectivity index (χ4v) is 2.73. The van der Waals surface area contributed by atoms with Gasteiger partial charge in [0.05, 0.1) is 31.6 Å². The Hall–Kier alpha value is -2.41. The van der Waals surface area contributed by atoms with Crippen molar-refractivity contribution in [3.63, 3.8) is 0 Å². The lowest BCUT2D eigenvalue weighted by Gasteiger charge is -2.32. The van der Waals surface area contributed by atoms with E-state index in [0.717, 1.165) is 23.5 Å². The Morgan fingerprint density at radius 3 is 3.08 bits per heavy atom. The molecule has 1 fully saturated rings. The maximum atomic E-state index is 12.4. The van der Waals surface area contributed by atoms with Gasteiger partial charge in [0.25, 0.3) is 0 Å². The van der Waals surface area contributed by atoms with Crippen LogP contribution in [0.15, 0.2) is 30.6 Å². The first kappa shape index (κ1) is 16.4. The average molecular weight is 329 g/mol. The van der Waals surface area contributed by atoms with Gasteiger partial charge in [0, 0.05) is 30.5 Å². The molecule has 3 heterocycles. The van der Waals surface area contributed by atoms with E-state index >= 15 is 0 Å². The van der Waals surface area contributed by atoms with Gasteiger partial charge < -0.3 is 15.0 Å². The number of nitrogens with zero attached hydrogens (tertiary/aromatic N) is 4. The molecule has 7 heteroatoms. The highest BCUT2D eigenvalue weighted by Gasteiger charge is 2.26. The van der Waals surface area contributed by atoms with Gasteiger partial charge in [-0.05, 0) is 26.0 Å². The van der Waals surface area contributed by atoms with Crippen molar-refractivity contribution in [2.45, 2.75) is 33.0 Å². The molecule has 24 heavy (non-hydrogen) atoms. The highest BCUT2D eigenvalue weighted by atomic mass is 16.5. The number of morpholine rings is 1. The highest BCUT2D eigenvalue weighted by Crippen LogP contribution is 2.21. The first-order chi connectivity index (χ1) is 11.7. The number of carbonyl (C=O) groups is 1. The molecule has 0 aromatic carbocycles. The monoisotopic (exact) mass is 329 g/mol. The average Bonchev–Trinajstić information content (AvgIpc) is 3.09. The molecule has 7 nitrogen and oxygen atoms in total. The maximum Gasteiger partial charge on any atom is 0.317 e. The number of hydrogen-bond donors (Lipinski definition) is 1. The molecule has 3 rings (SSSR count). The van der Waals surface area contributed by atoms with E-state index in [1.807, 2.05) is 49.1 Å². The van der Waals surface area contributed by atoms with Gasteiger partial charge in [0.15, 0.2) is 0 Å². The highest BCUT2D eigenvalue weighted by molar-refractivity contribution is 5.74. The Kier molecular flexibility index (Phi) is 5.10. The summed E-state index contributed by atoms with van der Waals surface area (Å²) in [7, 11) is 0. The van der Waals surface area contributed by atoms with Crippen LogP contribution in [0.25, 0.3) is 0 Å². The predicted octanol–water partition coefficient (Wildman–Crippen LogP) is 1.89. The maximum absolute atomic E-state index is 12.4. The molecule has 0 bridgehead atoms. The van der Waals surface area contributed by atoms with Crippen molar-refractivity contribution >= 4 is 6.03 Å². The molecule has 0 saturated carbocycles. The Bertz CT molecular complexity index is 700. The van der Waals surface area contributed by atoms with E-state index in [1.54, 1.807) is 4.90 Å². The number of pyridine rings is 1. The second kappa shape index (κ2) is 7.44. The molecule has 2 aromatic heterocycles. The molecule has 128 valence electrons. The van der Waals surface area contributed by atoms with Gasteiger partial charge in [-0.2, -0.15) is 5.10 Å². The fraction of sp³-hybridized carbons (Fsp3) is 0.471. The zero-order chi connectivity index (χ0) is 16.9. The number of carbonyl (C=O) groups excluding carboxylic acids is 1. The van der Waals surface area contributed by atoms with Crippen molar-refractivity contribution in [1.82, 2.24) is 25.0 Å². The van der Waals surface area contributed by atoms with Crippen molar-refractivity contribution in [3.8, 4) is 0 Å².